The van der Waals surface area contributed by atoms with Gasteiger partial charge in [-0.3, -0.25) is 24.1 Å². The fourth-order valence-electron chi connectivity index (χ4n) is 3.93. The molecule has 0 bridgehead atoms. The average Bonchev–Trinajstić information content (AvgIpc) is 3.20. The summed E-state index contributed by atoms with van der Waals surface area (Å²) < 4.78 is 0. The summed E-state index contributed by atoms with van der Waals surface area (Å²) in [4.78, 5) is 52.4. The molecule has 0 unspecified atom stereocenters. The third-order valence-corrected chi connectivity index (χ3v) is 5.49. The molecule has 0 atom stereocenters. The van der Waals surface area contributed by atoms with Crippen LogP contribution in [0.25, 0.3) is 10.8 Å². The van der Waals surface area contributed by atoms with Gasteiger partial charge >= 0.3 is 0 Å². The first kappa shape index (κ1) is 19.7. The molecule has 0 fully saturated rings. The van der Waals surface area contributed by atoms with Crippen molar-refractivity contribution >= 4 is 45.8 Å². The Kier molecular flexibility index (Phi) is 4.57. The molecule has 0 saturated carbocycles. The van der Waals surface area contributed by atoms with Crippen LogP contribution in [0.2, 0.25) is 0 Å². The molecule has 2 heterocycles. The smallest absolute Gasteiger partial charge is 0.277 e. The van der Waals surface area contributed by atoms with Crippen molar-refractivity contribution in [2.24, 2.45) is 0 Å². The number of carbonyl (C=O) groups is 4. The molecule has 2 aliphatic heterocycles. The van der Waals surface area contributed by atoms with Crippen LogP contribution in [-0.2, 0) is 9.59 Å². The fraction of sp³-hybridized carbons (Fsp3) is 0.0833. The third kappa shape index (κ3) is 3.05. The van der Waals surface area contributed by atoms with Crippen molar-refractivity contribution in [2.75, 3.05) is 23.4 Å². The minimum Gasteiger partial charge on any atom is -0.395 e. The molecule has 0 saturated heterocycles. The van der Waals surface area contributed by atoms with Gasteiger partial charge in [-0.1, -0.05) is 30.3 Å². The summed E-state index contributed by atoms with van der Waals surface area (Å²) in [5.74, 6) is -1.98. The van der Waals surface area contributed by atoms with Gasteiger partial charge in [0.25, 0.3) is 23.6 Å². The van der Waals surface area contributed by atoms with Crippen LogP contribution >= 0.6 is 0 Å². The Labute approximate surface area is 182 Å². The molecular weight excluding hydrogens is 410 g/mol. The van der Waals surface area contributed by atoms with Crippen LogP contribution in [0, 0.1) is 0 Å². The Morgan fingerprint density at radius 3 is 2.31 bits per heavy atom. The molecule has 0 aliphatic carbocycles. The van der Waals surface area contributed by atoms with E-state index in [9.17, 15) is 19.2 Å². The first-order valence-electron chi connectivity index (χ1n) is 9.95. The summed E-state index contributed by atoms with van der Waals surface area (Å²) in [5, 5.41) is 13.8. The van der Waals surface area contributed by atoms with Crippen molar-refractivity contribution in [3.63, 3.8) is 0 Å². The van der Waals surface area contributed by atoms with Crippen LogP contribution in [0.4, 0.5) is 11.4 Å². The lowest BCUT2D eigenvalue weighted by molar-refractivity contribution is -0.137. The SMILES string of the molecule is O=C1C=C(Nc2ccc3c(c2)C(=O)N(c2ccc4ccccc4c2)C3=O)C(=O)N1CCO. The van der Waals surface area contributed by atoms with Crippen LogP contribution in [0.1, 0.15) is 20.7 Å². The molecule has 0 radical (unpaired) electrons. The van der Waals surface area contributed by atoms with Gasteiger partial charge in [-0.15, -0.1) is 0 Å². The first-order chi connectivity index (χ1) is 15.5. The van der Waals surface area contributed by atoms with Gasteiger partial charge in [-0.2, -0.15) is 0 Å². The van der Waals surface area contributed by atoms with Crippen LogP contribution in [0.3, 0.4) is 0 Å². The lowest BCUT2D eigenvalue weighted by Crippen LogP contribution is -2.34. The molecule has 8 heteroatoms. The summed E-state index contributed by atoms with van der Waals surface area (Å²) in [6, 6.07) is 17.6. The molecule has 2 aliphatic rings. The van der Waals surface area contributed by atoms with Crippen molar-refractivity contribution in [3.8, 4) is 0 Å². The number of nitrogens with one attached hydrogen (secondary N) is 1. The predicted molar refractivity (Wildman–Crippen MR) is 117 cm³/mol. The fourth-order valence-corrected chi connectivity index (χ4v) is 3.93. The lowest BCUT2D eigenvalue weighted by Gasteiger charge is -2.14. The highest BCUT2D eigenvalue weighted by Crippen LogP contribution is 2.32. The zero-order valence-electron chi connectivity index (χ0n) is 16.7. The number of benzene rings is 3. The second-order valence-corrected chi connectivity index (χ2v) is 7.44. The minimum absolute atomic E-state index is 0.0338. The van der Waals surface area contributed by atoms with Gasteiger partial charge in [0.15, 0.2) is 0 Å². The van der Waals surface area contributed by atoms with E-state index in [4.69, 9.17) is 5.11 Å². The molecule has 8 nitrogen and oxygen atoms in total. The van der Waals surface area contributed by atoms with Gasteiger partial charge in [0.1, 0.15) is 5.70 Å². The quantitative estimate of drug-likeness (QED) is 0.605. The number of hydrogen-bond acceptors (Lipinski definition) is 6. The maximum Gasteiger partial charge on any atom is 0.277 e. The zero-order valence-corrected chi connectivity index (χ0v) is 16.7. The molecule has 4 amide bonds. The van der Waals surface area contributed by atoms with E-state index in [0.717, 1.165) is 26.6 Å². The number of fused-ring (bicyclic) bond motifs is 2. The number of anilines is 2. The van der Waals surface area contributed by atoms with Crippen molar-refractivity contribution in [2.45, 2.75) is 0 Å². The number of nitrogens with zero attached hydrogens (tertiary/aromatic N) is 2. The molecule has 3 aromatic carbocycles. The number of β-amino-alcohol motifs (C(OH)–C–C–N with tert-alkyl or cyclic N) is 1. The van der Waals surface area contributed by atoms with Gasteiger partial charge in [0.2, 0.25) is 0 Å². The molecule has 3 aromatic rings. The van der Waals surface area contributed by atoms with Crippen molar-refractivity contribution in [3.05, 3.63) is 83.6 Å². The predicted octanol–water partition coefficient (Wildman–Crippen LogP) is 2.30. The van der Waals surface area contributed by atoms with E-state index in [1.165, 1.54) is 12.1 Å². The van der Waals surface area contributed by atoms with Crippen LogP contribution in [0.5, 0.6) is 0 Å². The van der Waals surface area contributed by atoms with E-state index in [-0.39, 0.29) is 30.0 Å². The first-order valence-corrected chi connectivity index (χ1v) is 9.95. The van der Waals surface area contributed by atoms with E-state index in [2.05, 4.69) is 5.32 Å². The Morgan fingerprint density at radius 1 is 0.781 bits per heavy atom. The van der Waals surface area contributed by atoms with E-state index >= 15 is 0 Å². The van der Waals surface area contributed by atoms with Crippen molar-refractivity contribution in [1.82, 2.24) is 4.90 Å². The molecule has 0 spiro atoms. The number of aliphatic hydroxyl groups is 1. The third-order valence-electron chi connectivity index (χ3n) is 5.49. The largest absolute Gasteiger partial charge is 0.395 e. The monoisotopic (exact) mass is 427 g/mol. The topological polar surface area (TPSA) is 107 Å². The molecule has 158 valence electrons. The van der Waals surface area contributed by atoms with Gasteiger partial charge in [-0.25, -0.2) is 4.90 Å². The highest BCUT2D eigenvalue weighted by Gasteiger charge is 2.37. The maximum absolute atomic E-state index is 13.1. The number of carbonyl (C=O) groups excluding carboxylic acids is 4. The summed E-state index contributed by atoms with van der Waals surface area (Å²) in [7, 11) is 0. The average molecular weight is 427 g/mol. The second-order valence-electron chi connectivity index (χ2n) is 7.44. The standard InChI is InChI=1S/C24H17N3O5/c28-10-9-26-21(29)13-20(24(26)32)25-16-6-8-18-19(12-16)23(31)27(22(18)30)17-7-5-14-3-1-2-4-15(14)11-17/h1-8,11-13,25,28H,9-10H2. The van der Waals surface area contributed by atoms with Crippen molar-refractivity contribution in [1.29, 1.82) is 0 Å². The Bertz CT molecular complexity index is 1360. The number of hydrogen-bond donors (Lipinski definition) is 2. The van der Waals surface area contributed by atoms with Crippen LogP contribution in [-0.4, -0.2) is 46.8 Å². The van der Waals surface area contributed by atoms with E-state index in [0.29, 0.717) is 11.4 Å². The highest BCUT2D eigenvalue weighted by atomic mass is 16.3. The number of imide groups is 2. The van der Waals surface area contributed by atoms with Gasteiger partial charge in [-0.05, 0) is 41.1 Å². The Morgan fingerprint density at radius 2 is 1.53 bits per heavy atom. The van der Waals surface area contributed by atoms with Gasteiger partial charge < -0.3 is 10.4 Å². The number of amides is 4. The number of aliphatic hydroxyl groups excluding tert-OH is 1. The summed E-state index contributed by atoms with van der Waals surface area (Å²) in [5.41, 5.74) is 1.37. The Balaban J connectivity index is 1.43. The van der Waals surface area contributed by atoms with E-state index in [1.807, 2.05) is 30.3 Å². The maximum atomic E-state index is 13.1. The zero-order chi connectivity index (χ0) is 22.4. The highest BCUT2D eigenvalue weighted by molar-refractivity contribution is 6.35. The van der Waals surface area contributed by atoms with Crippen LogP contribution < -0.4 is 10.2 Å². The van der Waals surface area contributed by atoms with Gasteiger partial charge in [0.05, 0.1) is 30.0 Å². The molecular formula is C24H17N3O5. The Hall–Kier alpha value is -4.30. The molecule has 5 rings (SSSR count). The van der Waals surface area contributed by atoms with E-state index < -0.39 is 23.6 Å². The molecule has 32 heavy (non-hydrogen) atoms. The summed E-state index contributed by atoms with van der Waals surface area (Å²) >= 11 is 0. The summed E-state index contributed by atoms with van der Waals surface area (Å²) in [6.07, 6.45) is 1.14. The van der Waals surface area contributed by atoms with Crippen LogP contribution in [0.15, 0.2) is 72.4 Å². The normalized spacial score (nSPS) is 15.6. The number of rotatable bonds is 5. The molecule has 0 aromatic heterocycles. The summed E-state index contributed by atoms with van der Waals surface area (Å²) in [6.45, 7) is -0.435. The van der Waals surface area contributed by atoms with Gasteiger partial charge in [0, 0.05) is 11.8 Å². The second kappa shape index (κ2) is 7.44. The molecule has 2 N–H and O–H groups in total. The lowest BCUT2D eigenvalue weighted by atomic mass is 10.1. The van der Waals surface area contributed by atoms with E-state index in [1.54, 1.807) is 18.2 Å². The minimum atomic E-state index is -0.565. The van der Waals surface area contributed by atoms with Crippen molar-refractivity contribution < 1.29 is 24.3 Å².